The Balaban J connectivity index is 0.000000175. The molecule has 11 aromatic carbocycles. The van der Waals surface area contributed by atoms with Crippen molar-refractivity contribution >= 4 is 76.8 Å². The topological polar surface area (TPSA) is 26.0 Å². The van der Waals surface area contributed by atoms with E-state index in [0.717, 1.165) is 17.5 Å². The summed E-state index contributed by atoms with van der Waals surface area (Å²) in [6.45, 7) is 15.4. The first kappa shape index (κ1) is 50.0. The maximum absolute atomic E-state index is 6.86. The van der Waals surface area contributed by atoms with Crippen LogP contribution < -0.4 is 5.73 Å². The summed E-state index contributed by atoms with van der Waals surface area (Å²) in [5.74, 6) is 0.493. The number of benzene rings is 11. The van der Waals surface area contributed by atoms with Gasteiger partial charge in [-0.15, -0.1) is 0 Å². The highest BCUT2D eigenvalue weighted by atomic mass is 14.6. The van der Waals surface area contributed by atoms with Gasteiger partial charge in [0.15, 0.2) is 0 Å². The Kier molecular flexibility index (Phi) is 15.0. The van der Waals surface area contributed by atoms with Crippen LogP contribution in [0.2, 0.25) is 0 Å². The van der Waals surface area contributed by atoms with Crippen LogP contribution >= 0.6 is 0 Å². The van der Waals surface area contributed by atoms with Gasteiger partial charge in [-0.1, -0.05) is 245 Å². The molecule has 0 fully saturated rings. The molecule has 0 saturated heterocycles. The van der Waals surface area contributed by atoms with Crippen molar-refractivity contribution in [1.82, 2.24) is 0 Å². The number of aryl methyl sites for hydroxylation is 3. The van der Waals surface area contributed by atoms with Crippen molar-refractivity contribution in [2.45, 2.75) is 99.0 Å². The molecule has 2 unspecified atom stereocenters. The lowest BCUT2D eigenvalue weighted by Gasteiger charge is -2.23. The van der Waals surface area contributed by atoms with Crippen LogP contribution in [0.1, 0.15) is 121 Å². The van der Waals surface area contributed by atoms with Gasteiger partial charge in [-0.3, -0.25) is 0 Å². The Labute approximate surface area is 440 Å². The van der Waals surface area contributed by atoms with Crippen molar-refractivity contribution in [3.63, 3.8) is 0 Å². The van der Waals surface area contributed by atoms with Gasteiger partial charge >= 0.3 is 0 Å². The molecule has 0 bridgehead atoms. The lowest BCUT2D eigenvalue weighted by Crippen LogP contribution is -2.12. The molecule has 0 radical (unpaired) electrons. The van der Waals surface area contributed by atoms with Crippen molar-refractivity contribution in [3.8, 4) is 11.1 Å². The van der Waals surface area contributed by atoms with E-state index in [1.54, 1.807) is 11.1 Å². The van der Waals surface area contributed by atoms with Gasteiger partial charge in [-0.05, 0) is 185 Å². The van der Waals surface area contributed by atoms with Crippen LogP contribution in [0.4, 0.5) is 0 Å². The molecule has 0 amide bonds. The summed E-state index contributed by atoms with van der Waals surface area (Å²) in [5, 5.41) is 16.0. The summed E-state index contributed by atoms with van der Waals surface area (Å²) in [5.41, 5.74) is 23.2. The van der Waals surface area contributed by atoms with Gasteiger partial charge in [-0.25, -0.2) is 0 Å². The lowest BCUT2D eigenvalue weighted by molar-refractivity contribution is 0.740. The summed E-state index contributed by atoms with van der Waals surface area (Å²) >= 11 is 0. The van der Waals surface area contributed by atoms with Crippen LogP contribution in [-0.2, 0) is 12.8 Å². The van der Waals surface area contributed by atoms with Gasteiger partial charge in [0.05, 0.1) is 6.04 Å². The molecule has 2 atom stereocenters. The van der Waals surface area contributed by atoms with E-state index in [4.69, 9.17) is 5.73 Å². The van der Waals surface area contributed by atoms with E-state index in [1.165, 1.54) is 141 Å². The highest BCUT2D eigenvalue weighted by molar-refractivity contribution is 6.32. The Morgan fingerprint density at radius 3 is 1.73 bits per heavy atom. The highest BCUT2D eigenvalue weighted by Gasteiger charge is 2.21. The third kappa shape index (κ3) is 9.70. The Morgan fingerprint density at radius 1 is 0.446 bits per heavy atom. The minimum Gasteiger partial charge on any atom is -0.320 e. The predicted octanol–water partition coefficient (Wildman–Crippen LogP) is 20.5. The summed E-state index contributed by atoms with van der Waals surface area (Å²) in [7, 11) is 0. The summed E-state index contributed by atoms with van der Waals surface area (Å²) < 4.78 is 0. The summed E-state index contributed by atoms with van der Waals surface area (Å²) in [6.07, 6.45) is 16.5. The van der Waals surface area contributed by atoms with Gasteiger partial charge in [0, 0.05) is 0 Å². The van der Waals surface area contributed by atoms with Crippen LogP contribution in [0.5, 0.6) is 0 Å². The highest BCUT2D eigenvalue weighted by Crippen LogP contribution is 2.45. The number of fused-ring (bicyclic) bond motifs is 15. The third-order valence-electron chi connectivity index (χ3n) is 15.5. The average Bonchev–Trinajstić information content (AvgIpc) is 3.45. The van der Waals surface area contributed by atoms with E-state index in [9.17, 15) is 0 Å². The van der Waals surface area contributed by atoms with Gasteiger partial charge in [-0.2, -0.15) is 0 Å². The second kappa shape index (κ2) is 22.3. The molecule has 368 valence electrons. The molecule has 0 aliphatic heterocycles. The van der Waals surface area contributed by atoms with Gasteiger partial charge in [0.2, 0.25) is 0 Å². The molecule has 0 aromatic heterocycles. The Morgan fingerprint density at radius 2 is 1.04 bits per heavy atom. The molecule has 1 heteroatoms. The average molecular weight is 962 g/mol. The summed E-state index contributed by atoms with van der Waals surface area (Å²) in [4.78, 5) is 0. The van der Waals surface area contributed by atoms with E-state index in [1.807, 2.05) is 24.3 Å². The Hall–Kier alpha value is -7.58. The second-order valence-corrected chi connectivity index (χ2v) is 20.7. The molecule has 1 nitrogen and oxygen atoms in total. The molecule has 0 spiro atoms. The van der Waals surface area contributed by atoms with Crippen LogP contribution in [0, 0.1) is 20.8 Å². The standard InChI is InChI=1S/C44H37N.C19H18.C7H8.C3H8/c1-4-27(2)32-17-11-18-36-37-23-22-29-20-21-31(26-40(29)42(37)39-19-10-12-28(3)41(39)43(32)36)33-24-25-38(35-16-9-8-15-34(33)35)44(45)30-13-6-5-7-14-30;1-13-10-11-18-16-8-3-2-6-14(16)15-7-4-5-9-17(15)19(18)12-13;1-7-5-3-2-4-6-7;1-3-2/h5-27,44H,4,45H2,1-3H3;3,5,8-12H,2,4,6-7H2,1H3;2-6H,1H3;3H2,1-2H3. The fourth-order valence-corrected chi connectivity index (χ4v) is 11.7. The van der Waals surface area contributed by atoms with Gasteiger partial charge in [0.25, 0.3) is 0 Å². The molecule has 13 rings (SSSR count). The van der Waals surface area contributed by atoms with Crippen molar-refractivity contribution in [3.05, 3.63) is 250 Å². The maximum Gasteiger partial charge on any atom is 0.0557 e. The number of hydrogen-bond acceptors (Lipinski definition) is 1. The molecule has 0 heterocycles. The van der Waals surface area contributed by atoms with E-state index in [0.29, 0.717) is 5.92 Å². The molecule has 11 aromatic rings. The fraction of sp³-hybridized carbons (Fsp3) is 0.205. The van der Waals surface area contributed by atoms with Crippen LogP contribution in [0.25, 0.3) is 87.9 Å². The number of rotatable bonds is 5. The normalized spacial score (nSPS) is 13.4. The molecule has 74 heavy (non-hydrogen) atoms. The lowest BCUT2D eigenvalue weighted by atomic mass is 9.81. The largest absolute Gasteiger partial charge is 0.320 e. The molecule has 2 N–H and O–H groups in total. The zero-order valence-corrected chi connectivity index (χ0v) is 44.6. The van der Waals surface area contributed by atoms with Crippen molar-refractivity contribution in [2.75, 3.05) is 0 Å². The first-order valence-electron chi connectivity index (χ1n) is 27.3. The second-order valence-electron chi connectivity index (χ2n) is 20.7. The van der Waals surface area contributed by atoms with E-state index < -0.39 is 0 Å². The fourth-order valence-electron chi connectivity index (χ4n) is 11.7. The van der Waals surface area contributed by atoms with E-state index >= 15 is 0 Å². The van der Waals surface area contributed by atoms with E-state index in [-0.39, 0.29) is 6.04 Å². The zero-order valence-electron chi connectivity index (χ0n) is 44.6. The summed E-state index contributed by atoms with van der Waals surface area (Å²) in [6, 6.07) is 66.0. The van der Waals surface area contributed by atoms with Crippen molar-refractivity contribution in [2.24, 2.45) is 5.73 Å². The first-order valence-corrected chi connectivity index (χ1v) is 27.3. The van der Waals surface area contributed by atoms with Crippen LogP contribution in [-0.4, -0.2) is 0 Å². The van der Waals surface area contributed by atoms with Crippen molar-refractivity contribution in [1.29, 1.82) is 0 Å². The van der Waals surface area contributed by atoms with Gasteiger partial charge in [0.1, 0.15) is 0 Å². The molecule has 2 aliphatic rings. The minimum atomic E-state index is -0.186. The SMILES string of the molecule is CCC.CCC(C)c1cccc2c3ccc4ccc(-c5ccc(C(N)c6ccccc6)c6ccccc56)cc4c3c3cccc(C)c3c12.Cc1ccc2c3c(c4c(c2c1)C=CCC4)CCC=C3.Cc1ccccc1. The van der Waals surface area contributed by atoms with Crippen molar-refractivity contribution < 1.29 is 0 Å². The molecular formula is C73H71N. The quantitative estimate of drug-likeness (QED) is 0.171. The molecular weight excluding hydrogens is 891 g/mol. The monoisotopic (exact) mass is 962 g/mol. The molecule has 2 aliphatic carbocycles. The van der Waals surface area contributed by atoms with Gasteiger partial charge < -0.3 is 5.73 Å². The van der Waals surface area contributed by atoms with Crippen LogP contribution in [0.3, 0.4) is 0 Å². The van der Waals surface area contributed by atoms with E-state index in [2.05, 4.69) is 230 Å². The van der Waals surface area contributed by atoms with Crippen LogP contribution in [0.15, 0.2) is 194 Å². The molecule has 0 saturated carbocycles. The zero-order chi connectivity index (χ0) is 51.3. The third-order valence-corrected chi connectivity index (χ3v) is 15.5. The first-order chi connectivity index (χ1) is 36.2. The Bertz CT molecular complexity index is 3870. The number of nitrogens with two attached hydrogens (primary N) is 1. The smallest absolute Gasteiger partial charge is 0.0557 e. The minimum absolute atomic E-state index is 0.186. The number of hydrogen-bond donors (Lipinski definition) is 1. The maximum atomic E-state index is 6.86. The number of allylic oxidation sites excluding steroid dienone is 2. The predicted molar refractivity (Wildman–Crippen MR) is 326 cm³/mol.